The fourth-order valence-corrected chi connectivity index (χ4v) is 3.73. The number of hydrogen-bond acceptors (Lipinski definition) is 5. The van der Waals surface area contributed by atoms with E-state index in [1.54, 1.807) is 10.9 Å². The van der Waals surface area contributed by atoms with Crippen molar-refractivity contribution in [1.82, 2.24) is 29.7 Å². The van der Waals surface area contributed by atoms with E-state index in [-0.39, 0.29) is 17.4 Å². The van der Waals surface area contributed by atoms with Crippen molar-refractivity contribution in [2.75, 3.05) is 19.8 Å². The Morgan fingerprint density at radius 3 is 2.88 bits per heavy atom. The molecule has 1 atom stereocenters. The second kappa shape index (κ2) is 5.94. The molecule has 0 spiro atoms. The first-order valence-corrected chi connectivity index (χ1v) is 8.74. The van der Waals surface area contributed by atoms with Crippen molar-refractivity contribution in [3.05, 3.63) is 29.3 Å². The van der Waals surface area contributed by atoms with Crippen molar-refractivity contribution in [2.45, 2.75) is 39.3 Å². The summed E-state index contributed by atoms with van der Waals surface area (Å²) in [5.41, 5.74) is 2.74. The average Bonchev–Trinajstić information content (AvgIpc) is 3.27. The summed E-state index contributed by atoms with van der Waals surface area (Å²) in [5.74, 6) is -0.0491. The summed E-state index contributed by atoms with van der Waals surface area (Å²) in [6.45, 7) is 7.12. The molecule has 25 heavy (non-hydrogen) atoms. The number of hydrogen-bond donors (Lipinski definition) is 0. The summed E-state index contributed by atoms with van der Waals surface area (Å²) in [7, 11) is 1.93. The Hall–Kier alpha value is -2.22. The van der Waals surface area contributed by atoms with Crippen LogP contribution in [-0.4, -0.2) is 55.3 Å². The molecule has 4 heterocycles. The van der Waals surface area contributed by atoms with E-state index in [4.69, 9.17) is 4.74 Å². The predicted molar refractivity (Wildman–Crippen MR) is 89.9 cm³/mol. The van der Waals surface area contributed by atoms with Crippen molar-refractivity contribution < 1.29 is 9.53 Å². The Bertz CT molecular complexity index is 791. The molecule has 0 saturated carbocycles. The zero-order chi connectivity index (χ0) is 17.6. The van der Waals surface area contributed by atoms with Gasteiger partial charge in [0.15, 0.2) is 5.69 Å². The zero-order valence-electron chi connectivity index (χ0n) is 15.0. The lowest BCUT2D eigenvalue weighted by molar-refractivity contribution is -0.111. The predicted octanol–water partition coefficient (Wildman–Crippen LogP) is 1.33. The molecule has 2 saturated heterocycles. The lowest BCUT2D eigenvalue weighted by atomic mass is 9.89. The lowest BCUT2D eigenvalue weighted by Crippen LogP contribution is -2.43. The van der Waals surface area contributed by atoms with Crippen molar-refractivity contribution >= 4 is 5.91 Å². The number of likely N-dealkylation sites (tertiary alicyclic amines) is 1. The molecule has 0 radical (unpaired) electrons. The lowest BCUT2D eigenvalue weighted by Gasteiger charge is -2.37. The zero-order valence-corrected chi connectivity index (χ0v) is 15.0. The van der Waals surface area contributed by atoms with E-state index in [0.717, 1.165) is 50.4 Å². The Kier molecular flexibility index (Phi) is 3.87. The molecule has 8 nitrogen and oxygen atoms in total. The highest BCUT2D eigenvalue weighted by atomic mass is 16.5. The molecule has 4 rings (SSSR count). The van der Waals surface area contributed by atoms with Crippen molar-refractivity contribution in [3.8, 4) is 0 Å². The molecule has 2 aromatic heterocycles. The summed E-state index contributed by atoms with van der Waals surface area (Å²) >= 11 is 0. The van der Waals surface area contributed by atoms with Crippen LogP contribution in [0.1, 0.15) is 47.6 Å². The Morgan fingerprint density at radius 2 is 2.24 bits per heavy atom. The van der Waals surface area contributed by atoms with Crippen LogP contribution < -0.4 is 0 Å². The van der Waals surface area contributed by atoms with E-state index >= 15 is 0 Å². The van der Waals surface area contributed by atoms with Crippen LogP contribution >= 0.6 is 0 Å². The monoisotopic (exact) mass is 344 g/mol. The number of carbonyl (C=O) groups is 1. The van der Waals surface area contributed by atoms with Gasteiger partial charge in [-0.05, 0) is 19.8 Å². The first-order chi connectivity index (χ1) is 12.0. The van der Waals surface area contributed by atoms with Crippen LogP contribution in [0.3, 0.4) is 0 Å². The maximum atomic E-state index is 13.0. The molecule has 2 aromatic rings. The second-order valence-electron chi connectivity index (χ2n) is 7.57. The fourth-order valence-electron chi connectivity index (χ4n) is 3.73. The molecular weight excluding hydrogens is 320 g/mol. The number of carbonyl (C=O) groups excluding carboxylic acids is 1. The van der Waals surface area contributed by atoms with Crippen molar-refractivity contribution in [3.63, 3.8) is 0 Å². The van der Waals surface area contributed by atoms with Crippen LogP contribution in [0.4, 0.5) is 0 Å². The normalized spacial score (nSPS) is 22.2. The minimum Gasteiger partial charge on any atom is -0.380 e. The summed E-state index contributed by atoms with van der Waals surface area (Å²) in [6, 6.07) is 0.0731. The van der Waals surface area contributed by atoms with E-state index in [1.807, 2.05) is 29.7 Å². The van der Waals surface area contributed by atoms with Crippen LogP contribution in [0.25, 0.3) is 0 Å². The van der Waals surface area contributed by atoms with Gasteiger partial charge in [-0.25, -0.2) is 0 Å². The third-order valence-corrected chi connectivity index (χ3v) is 5.35. The first kappa shape index (κ1) is 16.3. The van der Waals surface area contributed by atoms with E-state index in [9.17, 15) is 4.79 Å². The average molecular weight is 344 g/mol. The van der Waals surface area contributed by atoms with Gasteiger partial charge in [-0.1, -0.05) is 12.1 Å². The second-order valence-corrected chi connectivity index (χ2v) is 7.57. The quantitative estimate of drug-likeness (QED) is 0.836. The van der Waals surface area contributed by atoms with E-state index in [2.05, 4.69) is 22.3 Å². The summed E-state index contributed by atoms with van der Waals surface area (Å²) in [4.78, 5) is 14.9. The van der Waals surface area contributed by atoms with E-state index in [1.165, 1.54) is 0 Å². The molecule has 2 fully saturated rings. The largest absolute Gasteiger partial charge is 0.380 e. The fraction of sp³-hybridized carbons (Fsp3) is 0.647. The number of ether oxygens (including phenoxy) is 1. The number of nitrogens with zero attached hydrogens (tertiary/aromatic N) is 6. The molecule has 1 amide bonds. The van der Waals surface area contributed by atoms with Gasteiger partial charge < -0.3 is 9.64 Å². The van der Waals surface area contributed by atoms with Crippen LogP contribution in [-0.2, 0) is 18.3 Å². The highest BCUT2D eigenvalue weighted by Gasteiger charge is 2.36. The molecule has 8 heteroatoms. The highest BCUT2D eigenvalue weighted by Crippen LogP contribution is 2.34. The molecule has 0 N–H and O–H groups in total. The Morgan fingerprint density at radius 1 is 1.44 bits per heavy atom. The maximum absolute atomic E-state index is 13.0. The molecule has 2 aliphatic rings. The SMILES string of the molecule is Cc1c(C2CCCN2C(=O)c2cn(CC3(C)COC3)nn2)cnn1C. The van der Waals surface area contributed by atoms with Crippen molar-refractivity contribution in [1.29, 1.82) is 0 Å². The topological polar surface area (TPSA) is 78.1 Å². The van der Waals surface area contributed by atoms with Crippen LogP contribution in [0.15, 0.2) is 12.4 Å². The standard InChI is InChI=1S/C17H24N6O2/c1-12-13(7-18-21(12)3)15-5-4-6-23(15)16(24)14-8-22(20-19-14)9-17(2)10-25-11-17/h7-8,15H,4-6,9-11H2,1-3H3. The molecule has 0 bridgehead atoms. The van der Waals surface area contributed by atoms with Crippen LogP contribution in [0.5, 0.6) is 0 Å². The maximum Gasteiger partial charge on any atom is 0.276 e. The molecule has 0 aliphatic carbocycles. The summed E-state index contributed by atoms with van der Waals surface area (Å²) in [5, 5.41) is 12.6. The third-order valence-electron chi connectivity index (χ3n) is 5.35. The number of amides is 1. The molecular formula is C17H24N6O2. The summed E-state index contributed by atoms with van der Waals surface area (Å²) in [6.07, 6.45) is 5.59. The molecule has 134 valence electrons. The van der Waals surface area contributed by atoms with Gasteiger partial charge in [0, 0.05) is 30.3 Å². The van der Waals surface area contributed by atoms with E-state index < -0.39 is 0 Å². The van der Waals surface area contributed by atoms with Crippen LogP contribution in [0, 0.1) is 12.3 Å². The number of rotatable bonds is 4. The van der Waals surface area contributed by atoms with Gasteiger partial charge in [0.2, 0.25) is 0 Å². The van der Waals surface area contributed by atoms with Crippen molar-refractivity contribution in [2.24, 2.45) is 12.5 Å². The van der Waals surface area contributed by atoms with Crippen LogP contribution in [0.2, 0.25) is 0 Å². The van der Waals surface area contributed by atoms with Gasteiger partial charge in [-0.3, -0.25) is 14.2 Å². The van der Waals surface area contributed by atoms with E-state index in [0.29, 0.717) is 5.69 Å². The number of aromatic nitrogens is 5. The first-order valence-electron chi connectivity index (χ1n) is 8.74. The minimum absolute atomic E-state index is 0.0491. The van der Waals surface area contributed by atoms with Gasteiger partial charge in [0.1, 0.15) is 0 Å². The van der Waals surface area contributed by atoms with Gasteiger partial charge in [-0.15, -0.1) is 5.10 Å². The summed E-state index contributed by atoms with van der Waals surface area (Å²) < 4.78 is 8.89. The van der Waals surface area contributed by atoms with Gasteiger partial charge in [0.05, 0.1) is 38.2 Å². The Balaban J connectivity index is 1.52. The molecule has 1 unspecified atom stereocenters. The Labute approximate surface area is 146 Å². The minimum atomic E-state index is -0.0491. The van der Waals surface area contributed by atoms with Gasteiger partial charge in [0.25, 0.3) is 5.91 Å². The van der Waals surface area contributed by atoms with Gasteiger partial charge in [-0.2, -0.15) is 5.10 Å². The third kappa shape index (κ3) is 2.84. The molecule has 0 aromatic carbocycles. The highest BCUT2D eigenvalue weighted by molar-refractivity contribution is 5.92. The smallest absolute Gasteiger partial charge is 0.276 e. The van der Waals surface area contributed by atoms with Gasteiger partial charge >= 0.3 is 0 Å². The number of aryl methyl sites for hydroxylation is 1. The molecule has 2 aliphatic heterocycles.